The standard InChI is InChI=1S/C23H37N5O2/c1-4-24-23(25-18-21(30-3)20-10-6-5-7-11-20)28-16-14-26(15-17-28)19(2)22(29)27-12-8-9-13-27/h5-7,10-11,19,21H,4,8-9,12-18H2,1-3H3,(H,24,25). The molecule has 1 aromatic rings. The van der Waals surface area contributed by atoms with Crippen LogP contribution in [-0.4, -0.2) is 92.1 Å². The third-order valence-corrected chi connectivity index (χ3v) is 6.13. The zero-order valence-corrected chi connectivity index (χ0v) is 18.7. The van der Waals surface area contributed by atoms with Gasteiger partial charge in [0.2, 0.25) is 5.91 Å². The molecule has 2 unspecified atom stereocenters. The number of aliphatic imine (C=N–C) groups is 1. The maximum atomic E-state index is 12.7. The number of benzene rings is 1. The van der Waals surface area contributed by atoms with Gasteiger partial charge < -0.3 is 19.9 Å². The molecular weight excluding hydrogens is 378 g/mol. The molecule has 0 aliphatic carbocycles. The van der Waals surface area contributed by atoms with Gasteiger partial charge in [0, 0.05) is 52.9 Å². The topological polar surface area (TPSA) is 60.4 Å². The Kier molecular flexibility index (Phi) is 8.51. The largest absolute Gasteiger partial charge is 0.375 e. The second-order valence-electron chi connectivity index (χ2n) is 8.06. The number of rotatable bonds is 7. The smallest absolute Gasteiger partial charge is 0.239 e. The number of carbonyl (C=O) groups excluding carboxylic acids is 1. The van der Waals surface area contributed by atoms with E-state index in [2.05, 4.69) is 41.1 Å². The predicted octanol–water partition coefficient (Wildman–Crippen LogP) is 1.97. The van der Waals surface area contributed by atoms with E-state index in [-0.39, 0.29) is 18.1 Å². The fourth-order valence-corrected chi connectivity index (χ4v) is 4.26. The van der Waals surface area contributed by atoms with E-state index in [4.69, 9.17) is 9.73 Å². The number of nitrogens with zero attached hydrogens (tertiary/aromatic N) is 4. The molecule has 7 nitrogen and oxygen atoms in total. The molecule has 1 N–H and O–H groups in total. The van der Waals surface area contributed by atoms with Crippen LogP contribution in [0.15, 0.2) is 35.3 Å². The number of piperazine rings is 1. The van der Waals surface area contributed by atoms with E-state index in [1.54, 1.807) is 7.11 Å². The third-order valence-electron chi connectivity index (χ3n) is 6.13. The lowest BCUT2D eigenvalue weighted by Gasteiger charge is -2.39. The Balaban J connectivity index is 1.56. The van der Waals surface area contributed by atoms with Gasteiger partial charge in [-0.25, -0.2) is 0 Å². The molecule has 166 valence electrons. The van der Waals surface area contributed by atoms with Crippen molar-refractivity contribution in [3.8, 4) is 0 Å². The number of likely N-dealkylation sites (tertiary alicyclic amines) is 1. The summed E-state index contributed by atoms with van der Waals surface area (Å²) < 4.78 is 5.67. The SMILES string of the molecule is CCNC(=NCC(OC)c1ccccc1)N1CCN(C(C)C(=O)N2CCCC2)CC1. The number of carbonyl (C=O) groups is 1. The molecule has 2 aliphatic heterocycles. The molecule has 0 spiro atoms. The fraction of sp³-hybridized carbons (Fsp3) is 0.652. The van der Waals surface area contributed by atoms with Crippen molar-refractivity contribution < 1.29 is 9.53 Å². The molecule has 0 bridgehead atoms. The van der Waals surface area contributed by atoms with Crippen molar-refractivity contribution in [3.05, 3.63) is 35.9 Å². The van der Waals surface area contributed by atoms with Crippen LogP contribution < -0.4 is 5.32 Å². The lowest BCUT2D eigenvalue weighted by Crippen LogP contribution is -2.57. The number of hydrogen-bond donors (Lipinski definition) is 1. The average Bonchev–Trinajstić information content (AvgIpc) is 3.33. The quantitative estimate of drug-likeness (QED) is 0.545. The molecule has 7 heteroatoms. The summed E-state index contributed by atoms with van der Waals surface area (Å²) in [6, 6.07) is 10.2. The zero-order valence-electron chi connectivity index (χ0n) is 18.7. The second-order valence-corrected chi connectivity index (χ2v) is 8.06. The van der Waals surface area contributed by atoms with Gasteiger partial charge >= 0.3 is 0 Å². The van der Waals surface area contributed by atoms with Crippen molar-refractivity contribution in [2.24, 2.45) is 4.99 Å². The summed E-state index contributed by atoms with van der Waals surface area (Å²) in [5, 5.41) is 3.42. The monoisotopic (exact) mass is 415 g/mol. The predicted molar refractivity (Wildman–Crippen MR) is 121 cm³/mol. The summed E-state index contributed by atoms with van der Waals surface area (Å²) in [4.78, 5) is 24.2. The molecule has 0 saturated carbocycles. The van der Waals surface area contributed by atoms with E-state index < -0.39 is 0 Å². The molecule has 1 amide bonds. The van der Waals surface area contributed by atoms with Crippen LogP contribution in [0.4, 0.5) is 0 Å². The van der Waals surface area contributed by atoms with Crippen LogP contribution in [0.2, 0.25) is 0 Å². The molecule has 3 rings (SSSR count). The zero-order chi connectivity index (χ0) is 21.3. The minimum absolute atomic E-state index is 0.0410. The fourth-order valence-electron chi connectivity index (χ4n) is 4.26. The van der Waals surface area contributed by atoms with Gasteiger partial charge in [-0.3, -0.25) is 14.7 Å². The van der Waals surface area contributed by atoms with Gasteiger partial charge in [-0.2, -0.15) is 0 Å². The molecular formula is C23H37N5O2. The Bertz CT molecular complexity index is 682. The Morgan fingerprint density at radius 3 is 2.33 bits per heavy atom. The normalized spacial score (nSPS) is 20.3. The summed E-state index contributed by atoms with van der Waals surface area (Å²) in [5.41, 5.74) is 1.14. The third kappa shape index (κ3) is 5.73. The summed E-state index contributed by atoms with van der Waals surface area (Å²) in [7, 11) is 1.73. The summed E-state index contributed by atoms with van der Waals surface area (Å²) >= 11 is 0. The second kappa shape index (κ2) is 11.3. The van der Waals surface area contributed by atoms with E-state index in [9.17, 15) is 4.79 Å². The van der Waals surface area contributed by atoms with Crippen molar-refractivity contribution in [1.29, 1.82) is 0 Å². The molecule has 2 aliphatic rings. The van der Waals surface area contributed by atoms with Gasteiger partial charge in [0.25, 0.3) is 0 Å². The van der Waals surface area contributed by atoms with Gasteiger partial charge in [-0.05, 0) is 32.3 Å². The van der Waals surface area contributed by atoms with E-state index in [1.165, 1.54) is 0 Å². The van der Waals surface area contributed by atoms with Crippen LogP contribution in [0.1, 0.15) is 38.4 Å². The van der Waals surface area contributed by atoms with E-state index in [0.29, 0.717) is 6.54 Å². The Hall–Kier alpha value is -2.12. The number of ether oxygens (including phenoxy) is 1. The van der Waals surface area contributed by atoms with Crippen LogP contribution >= 0.6 is 0 Å². The summed E-state index contributed by atoms with van der Waals surface area (Å²) in [6.07, 6.45) is 2.22. The molecule has 0 aromatic heterocycles. The maximum absolute atomic E-state index is 12.7. The van der Waals surface area contributed by atoms with Crippen molar-refractivity contribution in [2.75, 3.05) is 59.5 Å². The van der Waals surface area contributed by atoms with Crippen LogP contribution in [0.5, 0.6) is 0 Å². The van der Waals surface area contributed by atoms with Gasteiger partial charge in [-0.15, -0.1) is 0 Å². The molecule has 2 fully saturated rings. The van der Waals surface area contributed by atoms with Crippen molar-refractivity contribution in [3.63, 3.8) is 0 Å². The highest BCUT2D eigenvalue weighted by Crippen LogP contribution is 2.17. The van der Waals surface area contributed by atoms with Crippen molar-refractivity contribution >= 4 is 11.9 Å². The van der Waals surface area contributed by atoms with Crippen LogP contribution in [0, 0.1) is 0 Å². The van der Waals surface area contributed by atoms with Crippen molar-refractivity contribution in [2.45, 2.75) is 38.8 Å². The Morgan fingerprint density at radius 1 is 1.07 bits per heavy atom. The van der Waals surface area contributed by atoms with Gasteiger partial charge in [-0.1, -0.05) is 30.3 Å². The summed E-state index contributed by atoms with van der Waals surface area (Å²) in [5.74, 6) is 1.21. The van der Waals surface area contributed by atoms with E-state index in [1.807, 2.05) is 23.1 Å². The first kappa shape index (κ1) is 22.6. The van der Waals surface area contributed by atoms with E-state index >= 15 is 0 Å². The maximum Gasteiger partial charge on any atom is 0.239 e. The molecule has 2 heterocycles. The summed E-state index contributed by atoms with van der Waals surface area (Å²) in [6.45, 7) is 10.9. The van der Waals surface area contributed by atoms with Crippen molar-refractivity contribution in [1.82, 2.24) is 20.0 Å². The number of methoxy groups -OCH3 is 1. The van der Waals surface area contributed by atoms with Crippen LogP contribution in [-0.2, 0) is 9.53 Å². The lowest BCUT2D eigenvalue weighted by molar-refractivity contribution is -0.135. The first-order valence-corrected chi connectivity index (χ1v) is 11.3. The number of guanidine groups is 1. The Morgan fingerprint density at radius 2 is 1.73 bits per heavy atom. The first-order chi connectivity index (χ1) is 14.6. The first-order valence-electron chi connectivity index (χ1n) is 11.3. The Labute approximate surface area is 181 Å². The number of amides is 1. The van der Waals surface area contributed by atoms with Crippen LogP contribution in [0.25, 0.3) is 0 Å². The number of nitrogens with one attached hydrogen (secondary N) is 1. The van der Waals surface area contributed by atoms with Gasteiger partial charge in [0.05, 0.1) is 12.6 Å². The minimum atomic E-state index is -0.0562. The minimum Gasteiger partial charge on any atom is -0.375 e. The highest BCUT2D eigenvalue weighted by molar-refractivity contribution is 5.82. The molecule has 30 heavy (non-hydrogen) atoms. The highest BCUT2D eigenvalue weighted by Gasteiger charge is 2.30. The molecule has 1 aromatic carbocycles. The number of hydrogen-bond acceptors (Lipinski definition) is 4. The molecule has 2 saturated heterocycles. The van der Waals surface area contributed by atoms with Gasteiger partial charge in [0.15, 0.2) is 5.96 Å². The average molecular weight is 416 g/mol. The highest BCUT2D eigenvalue weighted by atomic mass is 16.5. The molecule has 2 atom stereocenters. The molecule has 0 radical (unpaired) electrons. The lowest BCUT2D eigenvalue weighted by atomic mass is 10.1. The van der Waals surface area contributed by atoms with Gasteiger partial charge in [0.1, 0.15) is 6.10 Å². The van der Waals surface area contributed by atoms with Crippen LogP contribution in [0.3, 0.4) is 0 Å². The van der Waals surface area contributed by atoms with E-state index in [0.717, 1.165) is 70.2 Å².